The molecule has 0 aliphatic rings. The molecule has 0 saturated heterocycles. The zero-order valence-corrected chi connectivity index (χ0v) is 11.5. The van der Waals surface area contributed by atoms with Gasteiger partial charge in [0.1, 0.15) is 0 Å². The third kappa shape index (κ3) is 8.05. The van der Waals surface area contributed by atoms with Crippen LogP contribution in [0, 0.1) is 0 Å². The van der Waals surface area contributed by atoms with Crippen LogP contribution < -0.4 is 5.32 Å². The van der Waals surface area contributed by atoms with Gasteiger partial charge in [-0.2, -0.15) is 0 Å². The van der Waals surface area contributed by atoms with Gasteiger partial charge in [0.15, 0.2) is 6.29 Å². The fourth-order valence-corrected chi connectivity index (χ4v) is 1.35. The highest BCUT2D eigenvalue weighted by atomic mass is 16.7. The molecule has 0 spiro atoms. The van der Waals surface area contributed by atoms with Gasteiger partial charge in [-0.15, -0.1) is 0 Å². The van der Waals surface area contributed by atoms with Crippen LogP contribution in [-0.2, 0) is 9.47 Å². The summed E-state index contributed by atoms with van der Waals surface area (Å²) >= 11 is 0. The van der Waals surface area contributed by atoms with Gasteiger partial charge in [-0.25, -0.2) is 0 Å². The second-order valence-electron chi connectivity index (χ2n) is 4.39. The lowest BCUT2D eigenvalue weighted by atomic mass is 10.2. The van der Waals surface area contributed by atoms with Crippen molar-refractivity contribution >= 4 is 0 Å². The molecule has 0 fully saturated rings. The van der Waals surface area contributed by atoms with Crippen LogP contribution in [-0.4, -0.2) is 58.1 Å². The molecule has 0 aromatic carbocycles. The second-order valence-corrected chi connectivity index (χ2v) is 4.39. The molecule has 0 radical (unpaired) electrons. The number of unbranched alkanes of at least 4 members (excludes halogenated alkanes) is 1. The molecule has 0 aromatic rings. The smallest absolute Gasteiger partial charge is 0.169 e. The Bertz CT molecular complexity index is 144. The fourth-order valence-electron chi connectivity index (χ4n) is 1.35. The maximum absolute atomic E-state index is 5.08. The number of rotatable bonds is 10. The van der Waals surface area contributed by atoms with Gasteiger partial charge in [-0.1, -0.05) is 0 Å². The average molecular weight is 232 g/mol. The Kier molecular flexibility index (Phi) is 9.92. The van der Waals surface area contributed by atoms with E-state index in [1.165, 1.54) is 12.8 Å². The molecule has 0 heterocycles. The molecule has 0 saturated carbocycles. The number of hydrogen-bond acceptors (Lipinski definition) is 4. The molecule has 0 rings (SSSR count). The first-order chi connectivity index (χ1) is 7.61. The third-order valence-corrected chi connectivity index (χ3v) is 2.83. The molecule has 98 valence electrons. The minimum absolute atomic E-state index is 0.127. The zero-order valence-electron chi connectivity index (χ0n) is 11.5. The lowest BCUT2D eigenvalue weighted by Crippen LogP contribution is -2.31. The van der Waals surface area contributed by atoms with Crippen molar-refractivity contribution in [2.45, 2.75) is 39.0 Å². The van der Waals surface area contributed by atoms with E-state index in [4.69, 9.17) is 9.47 Å². The molecule has 0 unspecified atom stereocenters. The molecular weight excluding hydrogens is 204 g/mol. The molecule has 4 heteroatoms. The van der Waals surface area contributed by atoms with Crippen molar-refractivity contribution < 1.29 is 9.47 Å². The third-order valence-electron chi connectivity index (χ3n) is 2.83. The molecule has 4 nitrogen and oxygen atoms in total. The predicted molar refractivity (Wildman–Crippen MR) is 67.7 cm³/mol. The lowest BCUT2D eigenvalue weighted by molar-refractivity contribution is -0.0986. The summed E-state index contributed by atoms with van der Waals surface area (Å²) in [7, 11) is 5.49. The van der Waals surface area contributed by atoms with E-state index < -0.39 is 0 Å². The number of nitrogens with zero attached hydrogens (tertiary/aromatic N) is 1. The highest BCUT2D eigenvalue weighted by Crippen LogP contribution is 1.97. The van der Waals surface area contributed by atoms with Crippen LogP contribution in [0.2, 0.25) is 0 Å². The van der Waals surface area contributed by atoms with Crippen molar-refractivity contribution in [3.8, 4) is 0 Å². The highest BCUT2D eigenvalue weighted by molar-refractivity contribution is 4.58. The van der Waals surface area contributed by atoms with Gasteiger partial charge < -0.3 is 19.7 Å². The summed E-state index contributed by atoms with van der Waals surface area (Å²) in [4.78, 5) is 2.37. The summed E-state index contributed by atoms with van der Waals surface area (Å²) in [5.41, 5.74) is 0. The van der Waals surface area contributed by atoms with E-state index in [9.17, 15) is 0 Å². The van der Waals surface area contributed by atoms with E-state index in [0.29, 0.717) is 6.04 Å². The van der Waals surface area contributed by atoms with Crippen molar-refractivity contribution in [1.29, 1.82) is 0 Å². The van der Waals surface area contributed by atoms with E-state index in [2.05, 4.69) is 31.1 Å². The second kappa shape index (κ2) is 10.0. The number of hydrogen-bond donors (Lipinski definition) is 1. The normalized spacial score (nSPS) is 12.0. The topological polar surface area (TPSA) is 33.7 Å². The average Bonchev–Trinajstić information content (AvgIpc) is 2.27. The minimum Gasteiger partial charge on any atom is -0.355 e. The molecule has 0 aliphatic carbocycles. The lowest BCUT2D eigenvalue weighted by Gasteiger charge is -2.20. The van der Waals surface area contributed by atoms with Crippen LogP contribution in [0.5, 0.6) is 0 Å². The molecule has 0 aliphatic heterocycles. The van der Waals surface area contributed by atoms with Crippen molar-refractivity contribution in [1.82, 2.24) is 10.2 Å². The van der Waals surface area contributed by atoms with Gasteiger partial charge in [0.25, 0.3) is 0 Å². The Balaban J connectivity index is 3.27. The van der Waals surface area contributed by atoms with Gasteiger partial charge in [0.05, 0.1) is 0 Å². The molecule has 0 amide bonds. The number of nitrogens with one attached hydrogen (secondary N) is 1. The van der Waals surface area contributed by atoms with Crippen LogP contribution in [0.3, 0.4) is 0 Å². The maximum atomic E-state index is 5.08. The summed E-state index contributed by atoms with van der Waals surface area (Å²) in [5, 5.41) is 3.32. The van der Waals surface area contributed by atoms with Gasteiger partial charge in [0.2, 0.25) is 0 Å². The molecule has 1 N–H and O–H groups in total. The van der Waals surface area contributed by atoms with E-state index in [1.54, 1.807) is 14.2 Å². The van der Waals surface area contributed by atoms with Crippen molar-refractivity contribution in [3.63, 3.8) is 0 Å². The van der Waals surface area contributed by atoms with E-state index in [-0.39, 0.29) is 6.29 Å². The largest absolute Gasteiger partial charge is 0.355 e. The van der Waals surface area contributed by atoms with Crippen LogP contribution in [0.25, 0.3) is 0 Å². The predicted octanol–water partition coefficient (Wildman–Crippen LogP) is 1.32. The Morgan fingerprint density at radius 1 is 1.12 bits per heavy atom. The van der Waals surface area contributed by atoms with Gasteiger partial charge in [-0.05, 0) is 46.8 Å². The van der Waals surface area contributed by atoms with Gasteiger partial charge in [-0.3, -0.25) is 0 Å². The Morgan fingerprint density at radius 3 is 2.25 bits per heavy atom. The number of ether oxygens (including phenoxy) is 2. The quantitative estimate of drug-likeness (QED) is 0.455. The Hall–Kier alpha value is -0.160. The van der Waals surface area contributed by atoms with E-state index in [0.717, 1.165) is 19.6 Å². The van der Waals surface area contributed by atoms with Crippen molar-refractivity contribution in [3.05, 3.63) is 0 Å². The summed E-state index contributed by atoms with van der Waals surface area (Å²) < 4.78 is 10.2. The number of methoxy groups -OCH3 is 2. The molecule has 0 bridgehead atoms. The summed E-state index contributed by atoms with van der Waals surface area (Å²) in [6.07, 6.45) is 2.29. The van der Waals surface area contributed by atoms with E-state index in [1.807, 2.05) is 0 Å². The highest BCUT2D eigenvalue weighted by Gasteiger charge is 2.04. The molecular formula is C12H28N2O2. The van der Waals surface area contributed by atoms with Crippen LogP contribution >= 0.6 is 0 Å². The van der Waals surface area contributed by atoms with Gasteiger partial charge >= 0.3 is 0 Å². The standard InChI is InChI=1S/C12H28N2O2/c1-11(2)14(3)9-7-6-8-13-10-12(15-4)16-5/h11-13H,6-10H2,1-5H3. The minimum atomic E-state index is -0.127. The first kappa shape index (κ1) is 15.8. The molecule has 16 heavy (non-hydrogen) atoms. The summed E-state index contributed by atoms with van der Waals surface area (Å²) in [6.45, 7) is 7.39. The van der Waals surface area contributed by atoms with Gasteiger partial charge in [0, 0.05) is 26.8 Å². The Morgan fingerprint density at radius 2 is 1.75 bits per heavy atom. The molecule has 0 atom stereocenters. The van der Waals surface area contributed by atoms with Crippen molar-refractivity contribution in [2.24, 2.45) is 0 Å². The van der Waals surface area contributed by atoms with Crippen LogP contribution in [0.1, 0.15) is 26.7 Å². The van der Waals surface area contributed by atoms with Crippen molar-refractivity contribution in [2.75, 3.05) is 40.9 Å². The van der Waals surface area contributed by atoms with Crippen LogP contribution in [0.4, 0.5) is 0 Å². The summed E-state index contributed by atoms with van der Waals surface area (Å²) in [6, 6.07) is 0.638. The monoisotopic (exact) mass is 232 g/mol. The molecule has 0 aromatic heterocycles. The van der Waals surface area contributed by atoms with E-state index >= 15 is 0 Å². The zero-order chi connectivity index (χ0) is 12.4. The SMILES string of the molecule is COC(CNCCCCN(C)C(C)C)OC. The fraction of sp³-hybridized carbons (Fsp3) is 1.00. The first-order valence-electron chi connectivity index (χ1n) is 6.08. The maximum Gasteiger partial charge on any atom is 0.169 e. The van der Waals surface area contributed by atoms with Crippen LogP contribution in [0.15, 0.2) is 0 Å². The summed E-state index contributed by atoms with van der Waals surface area (Å²) in [5.74, 6) is 0. The first-order valence-corrected chi connectivity index (χ1v) is 6.08. The Labute approximate surface area is 100 Å².